The number of unbranched alkanes of at least 4 members (excludes halogenated alkanes) is 2. The van der Waals surface area contributed by atoms with Crippen LogP contribution in [0.5, 0.6) is 0 Å². The van der Waals surface area contributed by atoms with Crippen LogP contribution in [0.25, 0.3) is 10.2 Å². The molecule has 4 rings (SSSR count). The highest BCUT2D eigenvalue weighted by molar-refractivity contribution is 7.98. The van der Waals surface area contributed by atoms with Gasteiger partial charge in [-0.2, -0.15) is 0 Å². The minimum atomic E-state index is 0.120. The van der Waals surface area contributed by atoms with Gasteiger partial charge in [-0.15, -0.1) is 21.5 Å². The summed E-state index contributed by atoms with van der Waals surface area (Å²) in [5, 5.41) is 9.52. The van der Waals surface area contributed by atoms with Crippen LogP contribution >= 0.6 is 23.1 Å². The first kappa shape index (κ1) is 17.7. The van der Waals surface area contributed by atoms with Gasteiger partial charge in [0.1, 0.15) is 4.83 Å². The number of hydrogen-bond acceptors (Lipinski definition) is 7. The van der Waals surface area contributed by atoms with Crippen molar-refractivity contribution in [2.75, 3.05) is 0 Å². The quantitative estimate of drug-likeness (QED) is 0.343. The van der Waals surface area contributed by atoms with Gasteiger partial charge >= 0.3 is 0 Å². The summed E-state index contributed by atoms with van der Waals surface area (Å²) in [6, 6.07) is 0. The van der Waals surface area contributed by atoms with Crippen LogP contribution in [0, 0.1) is 6.92 Å². The summed E-state index contributed by atoms with van der Waals surface area (Å²) in [6.07, 6.45) is 6.47. The molecule has 8 heteroatoms. The van der Waals surface area contributed by atoms with Gasteiger partial charge in [-0.3, -0.25) is 9.36 Å². The minimum absolute atomic E-state index is 0.120. The van der Waals surface area contributed by atoms with Gasteiger partial charge < -0.3 is 4.42 Å². The molecular formula is C18H22N4O2S2. The topological polar surface area (TPSA) is 73.8 Å². The molecule has 3 aromatic rings. The average Bonchev–Trinajstić information content (AvgIpc) is 3.31. The van der Waals surface area contributed by atoms with E-state index in [1.807, 2.05) is 4.57 Å². The molecular weight excluding hydrogens is 368 g/mol. The van der Waals surface area contributed by atoms with Crippen LogP contribution < -0.4 is 5.56 Å². The standard InChI is InChI=1S/C18H22N4O2S2/c1-3-4-5-9-22-17(23)15-12-7-6-8-13(12)26-16(15)19-18(22)25-10-14-21-20-11(2)24-14/h3-10H2,1-2H3. The van der Waals surface area contributed by atoms with E-state index in [0.717, 1.165) is 53.9 Å². The Morgan fingerprint density at radius 3 is 2.92 bits per heavy atom. The molecule has 0 amide bonds. The molecule has 0 aromatic carbocycles. The summed E-state index contributed by atoms with van der Waals surface area (Å²) in [5.74, 6) is 1.65. The fourth-order valence-corrected chi connectivity index (χ4v) is 5.57. The van der Waals surface area contributed by atoms with Crippen LogP contribution in [0.2, 0.25) is 0 Å². The maximum atomic E-state index is 13.2. The lowest BCUT2D eigenvalue weighted by atomic mass is 10.2. The lowest BCUT2D eigenvalue weighted by Gasteiger charge is -2.11. The van der Waals surface area contributed by atoms with Gasteiger partial charge in [0.2, 0.25) is 11.8 Å². The Hall–Kier alpha value is -1.67. The van der Waals surface area contributed by atoms with Gasteiger partial charge in [-0.05, 0) is 31.2 Å². The van der Waals surface area contributed by atoms with E-state index in [1.165, 1.54) is 22.2 Å². The summed E-state index contributed by atoms with van der Waals surface area (Å²) in [7, 11) is 0. The van der Waals surface area contributed by atoms with Crippen LogP contribution in [0.4, 0.5) is 0 Å². The highest BCUT2D eigenvalue weighted by Gasteiger charge is 2.23. The highest BCUT2D eigenvalue weighted by atomic mass is 32.2. The predicted molar refractivity (Wildman–Crippen MR) is 104 cm³/mol. The molecule has 0 radical (unpaired) electrons. The number of thioether (sulfide) groups is 1. The van der Waals surface area contributed by atoms with Crippen LogP contribution in [0.3, 0.4) is 0 Å². The van der Waals surface area contributed by atoms with E-state index in [0.29, 0.717) is 24.1 Å². The third-order valence-electron chi connectivity index (χ3n) is 4.67. The third-order valence-corrected chi connectivity index (χ3v) is 6.81. The molecule has 0 saturated heterocycles. The van der Waals surface area contributed by atoms with Crippen LogP contribution in [0.15, 0.2) is 14.4 Å². The van der Waals surface area contributed by atoms with E-state index >= 15 is 0 Å². The second-order valence-electron chi connectivity index (χ2n) is 6.60. The van der Waals surface area contributed by atoms with Gasteiger partial charge in [0.15, 0.2) is 5.16 Å². The molecule has 0 aliphatic heterocycles. The summed E-state index contributed by atoms with van der Waals surface area (Å²) in [4.78, 5) is 20.3. The summed E-state index contributed by atoms with van der Waals surface area (Å²) < 4.78 is 7.31. The first-order valence-electron chi connectivity index (χ1n) is 9.14. The van der Waals surface area contributed by atoms with Crippen LogP contribution in [-0.4, -0.2) is 19.7 Å². The van der Waals surface area contributed by atoms with Crippen molar-refractivity contribution in [3.63, 3.8) is 0 Å². The number of rotatable bonds is 7. The Labute approximate surface area is 160 Å². The molecule has 3 aromatic heterocycles. The zero-order valence-corrected chi connectivity index (χ0v) is 16.7. The monoisotopic (exact) mass is 390 g/mol. The lowest BCUT2D eigenvalue weighted by molar-refractivity contribution is 0.485. The minimum Gasteiger partial charge on any atom is -0.425 e. The Bertz CT molecular complexity index is 989. The predicted octanol–water partition coefficient (Wildman–Crippen LogP) is 4.12. The molecule has 3 heterocycles. The van der Waals surface area contributed by atoms with Crippen molar-refractivity contribution < 1.29 is 4.42 Å². The fourth-order valence-electron chi connectivity index (χ4n) is 3.41. The first-order valence-corrected chi connectivity index (χ1v) is 10.9. The third kappa shape index (κ3) is 3.32. The number of fused-ring (bicyclic) bond motifs is 3. The Morgan fingerprint density at radius 2 is 2.15 bits per heavy atom. The molecule has 0 fully saturated rings. The Kier molecular flexibility index (Phi) is 5.13. The molecule has 0 unspecified atom stereocenters. The van der Waals surface area contributed by atoms with E-state index in [1.54, 1.807) is 18.3 Å². The number of nitrogens with zero attached hydrogens (tertiary/aromatic N) is 4. The van der Waals surface area contributed by atoms with Crippen LogP contribution in [-0.2, 0) is 25.1 Å². The SMILES string of the molecule is CCCCCn1c(SCc2nnc(C)o2)nc2sc3c(c2c1=O)CCC3. The average molecular weight is 391 g/mol. The number of aryl methyl sites for hydroxylation is 3. The van der Waals surface area contributed by atoms with Gasteiger partial charge in [-0.1, -0.05) is 31.5 Å². The van der Waals surface area contributed by atoms with E-state index in [4.69, 9.17) is 9.40 Å². The Morgan fingerprint density at radius 1 is 1.27 bits per heavy atom. The second-order valence-corrected chi connectivity index (χ2v) is 8.63. The number of hydrogen-bond donors (Lipinski definition) is 0. The van der Waals surface area contributed by atoms with E-state index < -0.39 is 0 Å². The van der Waals surface area contributed by atoms with Gasteiger partial charge in [-0.25, -0.2) is 4.98 Å². The molecule has 0 N–H and O–H groups in total. The summed E-state index contributed by atoms with van der Waals surface area (Å²) in [6.45, 7) is 4.66. The van der Waals surface area contributed by atoms with E-state index in [9.17, 15) is 4.79 Å². The zero-order valence-electron chi connectivity index (χ0n) is 15.1. The molecule has 1 aliphatic carbocycles. The molecule has 6 nitrogen and oxygen atoms in total. The molecule has 0 atom stereocenters. The van der Waals surface area contributed by atoms with Crippen molar-refractivity contribution in [2.24, 2.45) is 0 Å². The largest absolute Gasteiger partial charge is 0.425 e. The normalized spacial score (nSPS) is 13.6. The van der Waals surface area contributed by atoms with Crippen molar-refractivity contribution in [1.82, 2.24) is 19.7 Å². The van der Waals surface area contributed by atoms with Gasteiger partial charge in [0.05, 0.1) is 11.1 Å². The van der Waals surface area contributed by atoms with Crippen molar-refractivity contribution >= 4 is 33.3 Å². The zero-order chi connectivity index (χ0) is 18.1. The van der Waals surface area contributed by atoms with Gasteiger partial charge in [0.25, 0.3) is 5.56 Å². The van der Waals surface area contributed by atoms with E-state index in [2.05, 4.69) is 17.1 Å². The van der Waals surface area contributed by atoms with Crippen LogP contribution in [0.1, 0.15) is 54.8 Å². The van der Waals surface area contributed by atoms with Crippen molar-refractivity contribution in [1.29, 1.82) is 0 Å². The fraction of sp³-hybridized carbons (Fsp3) is 0.556. The molecule has 1 aliphatic rings. The maximum absolute atomic E-state index is 13.2. The first-order chi connectivity index (χ1) is 12.7. The maximum Gasteiger partial charge on any atom is 0.263 e. The van der Waals surface area contributed by atoms with E-state index in [-0.39, 0.29) is 5.56 Å². The lowest BCUT2D eigenvalue weighted by Crippen LogP contribution is -2.23. The highest BCUT2D eigenvalue weighted by Crippen LogP contribution is 2.35. The Balaban J connectivity index is 1.71. The summed E-state index contributed by atoms with van der Waals surface area (Å²) >= 11 is 3.19. The van der Waals surface area contributed by atoms with Crippen molar-refractivity contribution in [3.05, 3.63) is 32.6 Å². The summed E-state index contributed by atoms with van der Waals surface area (Å²) in [5.41, 5.74) is 1.37. The number of aromatic nitrogens is 4. The molecule has 0 spiro atoms. The molecule has 0 saturated carbocycles. The number of thiophene rings is 1. The second kappa shape index (κ2) is 7.52. The molecule has 26 heavy (non-hydrogen) atoms. The molecule has 138 valence electrons. The molecule has 0 bridgehead atoms. The smallest absolute Gasteiger partial charge is 0.263 e. The van der Waals surface area contributed by atoms with Crippen molar-refractivity contribution in [3.8, 4) is 0 Å². The van der Waals surface area contributed by atoms with Crippen molar-refractivity contribution in [2.45, 2.75) is 69.8 Å². The van der Waals surface area contributed by atoms with Gasteiger partial charge in [0, 0.05) is 18.3 Å².